The van der Waals surface area contributed by atoms with Gasteiger partial charge in [-0.2, -0.15) is 0 Å². The van der Waals surface area contributed by atoms with Crippen LogP contribution in [0.3, 0.4) is 0 Å². The molecule has 1 rings (SSSR count). The average Bonchev–Trinajstić information content (AvgIpc) is 2.50. The first kappa shape index (κ1) is 17.1. The Morgan fingerprint density at radius 3 is 2.29 bits per heavy atom. The van der Waals surface area contributed by atoms with Crippen molar-refractivity contribution in [2.45, 2.75) is 6.54 Å². The smallest absolute Gasteiger partial charge is 0.254 e. The van der Waals surface area contributed by atoms with Gasteiger partial charge < -0.3 is 20.3 Å². The number of ether oxygens (including phenoxy) is 1. The molecule has 1 aromatic carbocycles. The molecular formula is C15H23N3O3. The Labute approximate surface area is 125 Å². The zero-order valence-corrected chi connectivity index (χ0v) is 12.8. The van der Waals surface area contributed by atoms with Crippen LogP contribution in [0.5, 0.6) is 0 Å². The molecule has 0 unspecified atom stereocenters. The highest BCUT2D eigenvalue weighted by atomic mass is 16.5. The van der Waals surface area contributed by atoms with Gasteiger partial charge in [-0.25, -0.2) is 0 Å². The summed E-state index contributed by atoms with van der Waals surface area (Å²) in [5.74, 6) is -0.316. The minimum Gasteiger partial charge on any atom is -0.383 e. The number of carbonyl (C=O) groups excluding carboxylic acids is 2. The van der Waals surface area contributed by atoms with Crippen LogP contribution in [0.1, 0.15) is 15.9 Å². The van der Waals surface area contributed by atoms with E-state index in [1.54, 1.807) is 33.3 Å². The Balaban J connectivity index is 2.84. The number of rotatable bonds is 7. The van der Waals surface area contributed by atoms with E-state index in [-0.39, 0.29) is 18.4 Å². The van der Waals surface area contributed by atoms with Crippen LogP contribution in [0.25, 0.3) is 0 Å². The molecule has 6 heteroatoms. The van der Waals surface area contributed by atoms with E-state index in [0.29, 0.717) is 25.3 Å². The molecule has 0 saturated heterocycles. The lowest BCUT2D eigenvalue weighted by Gasteiger charge is -2.23. The number of benzene rings is 1. The number of hydrogen-bond acceptors (Lipinski definition) is 4. The van der Waals surface area contributed by atoms with E-state index in [2.05, 4.69) is 0 Å². The monoisotopic (exact) mass is 293 g/mol. The molecular weight excluding hydrogens is 270 g/mol. The van der Waals surface area contributed by atoms with Crippen LogP contribution >= 0.6 is 0 Å². The van der Waals surface area contributed by atoms with Crippen molar-refractivity contribution < 1.29 is 14.3 Å². The molecule has 0 saturated carbocycles. The van der Waals surface area contributed by atoms with Crippen LogP contribution in [0, 0.1) is 0 Å². The summed E-state index contributed by atoms with van der Waals surface area (Å²) in [5, 5.41) is 0. The fourth-order valence-corrected chi connectivity index (χ4v) is 1.72. The summed E-state index contributed by atoms with van der Waals surface area (Å²) in [6.45, 7) is 1.22. The predicted molar refractivity (Wildman–Crippen MR) is 80.8 cm³/mol. The van der Waals surface area contributed by atoms with E-state index in [1.807, 2.05) is 12.1 Å². The van der Waals surface area contributed by atoms with Gasteiger partial charge >= 0.3 is 0 Å². The number of amides is 2. The Kier molecular flexibility index (Phi) is 6.84. The molecule has 1 aromatic rings. The van der Waals surface area contributed by atoms with Crippen LogP contribution < -0.4 is 5.73 Å². The second kappa shape index (κ2) is 8.39. The highest BCUT2D eigenvalue weighted by Gasteiger charge is 2.19. The van der Waals surface area contributed by atoms with Crippen molar-refractivity contribution in [2.24, 2.45) is 5.73 Å². The van der Waals surface area contributed by atoms with Gasteiger partial charge in [0.05, 0.1) is 6.61 Å². The third-order valence-electron chi connectivity index (χ3n) is 3.11. The Hall–Kier alpha value is -1.92. The largest absolute Gasteiger partial charge is 0.383 e. The molecule has 0 heterocycles. The average molecular weight is 293 g/mol. The summed E-state index contributed by atoms with van der Waals surface area (Å²) in [6, 6.07) is 7.08. The van der Waals surface area contributed by atoms with Gasteiger partial charge in [0.1, 0.15) is 6.54 Å². The molecule has 0 fully saturated rings. The van der Waals surface area contributed by atoms with Crippen molar-refractivity contribution in [3.05, 3.63) is 35.4 Å². The fourth-order valence-electron chi connectivity index (χ4n) is 1.72. The van der Waals surface area contributed by atoms with E-state index in [9.17, 15) is 9.59 Å². The van der Waals surface area contributed by atoms with E-state index in [0.717, 1.165) is 5.56 Å². The first-order valence-electron chi connectivity index (χ1n) is 6.77. The van der Waals surface area contributed by atoms with Crippen molar-refractivity contribution in [1.82, 2.24) is 9.80 Å². The third kappa shape index (κ3) is 5.17. The Bertz CT molecular complexity index is 472. The second-order valence-electron chi connectivity index (χ2n) is 4.91. The summed E-state index contributed by atoms with van der Waals surface area (Å²) in [5.41, 5.74) is 7.03. The van der Waals surface area contributed by atoms with E-state index in [4.69, 9.17) is 10.5 Å². The van der Waals surface area contributed by atoms with Crippen molar-refractivity contribution in [3.63, 3.8) is 0 Å². The maximum absolute atomic E-state index is 12.5. The minimum atomic E-state index is -0.189. The lowest BCUT2D eigenvalue weighted by Crippen LogP contribution is -2.41. The van der Waals surface area contributed by atoms with Gasteiger partial charge in [-0.3, -0.25) is 9.59 Å². The summed E-state index contributed by atoms with van der Waals surface area (Å²) in [7, 11) is 4.89. The summed E-state index contributed by atoms with van der Waals surface area (Å²) >= 11 is 0. The minimum absolute atomic E-state index is 0.0355. The second-order valence-corrected chi connectivity index (χ2v) is 4.91. The molecule has 0 aliphatic heterocycles. The molecule has 6 nitrogen and oxygen atoms in total. The zero-order chi connectivity index (χ0) is 15.8. The van der Waals surface area contributed by atoms with Crippen LogP contribution in [-0.2, 0) is 16.1 Å². The van der Waals surface area contributed by atoms with Gasteiger partial charge in [-0.1, -0.05) is 12.1 Å². The molecule has 0 spiro atoms. The third-order valence-corrected chi connectivity index (χ3v) is 3.11. The number of methoxy groups -OCH3 is 1. The molecule has 21 heavy (non-hydrogen) atoms. The fraction of sp³-hybridized carbons (Fsp3) is 0.467. The predicted octanol–water partition coefficient (Wildman–Crippen LogP) is 0.322. The van der Waals surface area contributed by atoms with Crippen molar-refractivity contribution in [2.75, 3.05) is 40.9 Å². The lowest BCUT2D eigenvalue weighted by atomic mass is 10.1. The van der Waals surface area contributed by atoms with E-state index >= 15 is 0 Å². The number of nitrogens with two attached hydrogens (primary N) is 1. The number of hydrogen-bond donors (Lipinski definition) is 1. The molecule has 0 aromatic heterocycles. The maximum Gasteiger partial charge on any atom is 0.254 e. The summed E-state index contributed by atoms with van der Waals surface area (Å²) in [4.78, 5) is 27.3. The highest BCUT2D eigenvalue weighted by molar-refractivity contribution is 5.96. The molecule has 0 atom stereocenters. The Morgan fingerprint density at radius 1 is 1.19 bits per heavy atom. The quantitative estimate of drug-likeness (QED) is 0.785. The number of likely N-dealkylation sites (N-methyl/N-ethyl adjacent to an activating group) is 1. The first-order valence-corrected chi connectivity index (χ1v) is 6.77. The molecule has 2 amide bonds. The van der Waals surface area contributed by atoms with Crippen LogP contribution in [0.15, 0.2) is 24.3 Å². The lowest BCUT2D eigenvalue weighted by molar-refractivity contribution is -0.129. The van der Waals surface area contributed by atoms with Gasteiger partial charge in [0.15, 0.2) is 0 Å². The number of carbonyl (C=O) groups is 2. The zero-order valence-electron chi connectivity index (χ0n) is 12.8. The maximum atomic E-state index is 12.5. The standard InChI is InChI=1S/C15H23N3O3/c1-17(2)14(19)11-18(8-9-21-3)15(20)13-6-4-12(10-16)5-7-13/h4-7H,8-11,16H2,1-3H3. The Morgan fingerprint density at radius 2 is 1.81 bits per heavy atom. The first-order chi connectivity index (χ1) is 9.99. The van der Waals surface area contributed by atoms with Gasteiger partial charge in [-0.15, -0.1) is 0 Å². The SMILES string of the molecule is COCCN(CC(=O)N(C)C)C(=O)c1ccc(CN)cc1. The molecule has 0 aliphatic rings. The molecule has 0 radical (unpaired) electrons. The normalized spacial score (nSPS) is 10.3. The van der Waals surface area contributed by atoms with Gasteiger partial charge in [0.25, 0.3) is 5.91 Å². The van der Waals surface area contributed by atoms with Crippen molar-refractivity contribution in [3.8, 4) is 0 Å². The topological polar surface area (TPSA) is 75.9 Å². The van der Waals surface area contributed by atoms with Gasteiger partial charge in [-0.05, 0) is 17.7 Å². The summed E-state index contributed by atoms with van der Waals surface area (Å²) in [6.07, 6.45) is 0. The highest BCUT2D eigenvalue weighted by Crippen LogP contribution is 2.08. The van der Waals surface area contributed by atoms with Gasteiger partial charge in [0.2, 0.25) is 5.91 Å². The van der Waals surface area contributed by atoms with Crippen LogP contribution in [-0.4, -0.2) is 62.5 Å². The van der Waals surface area contributed by atoms with E-state index < -0.39 is 0 Å². The van der Waals surface area contributed by atoms with Crippen molar-refractivity contribution >= 4 is 11.8 Å². The van der Waals surface area contributed by atoms with Crippen LogP contribution in [0.2, 0.25) is 0 Å². The van der Waals surface area contributed by atoms with E-state index in [1.165, 1.54) is 9.80 Å². The molecule has 2 N–H and O–H groups in total. The molecule has 0 bridgehead atoms. The molecule has 116 valence electrons. The number of nitrogens with zero attached hydrogens (tertiary/aromatic N) is 2. The van der Waals surface area contributed by atoms with Gasteiger partial charge in [0, 0.05) is 39.9 Å². The van der Waals surface area contributed by atoms with Crippen molar-refractivity contribution in [1.29, 1.82) is 0 Å². The summed E-state index contributed by atoms with van der Waals surface area (Å²) < 4.78 is 5.00. The molecule has 0 aliphatic carbocycles. The van der Waals surface area contributed by atoms with Crippen LogP contribution in [0.4, 0.5) is 0 Å².